The van der Waals surface area contributed by atoms with Gasteiger partial charge < -0.3 is 4.74 Å². The van der Waals surface area contributed by atoms with Gasteiger partial charge in [0.15, 0.2) is 0 Å². The summed E-state index contributed by atoms with van der Waals surface area (Å²) >= 11 is 0. The summed E-state index contributed by atoms with van der Waals surface area (Å²) in [4.78, 5) is 0. The minimum Gasteiger partial charge on any atom is -0.456 e. The van der Waals surface area contributed by atoms with Crippen molar-refractivity contribution >= 4 is 32.3 Å². The molecule has 1 aliphatic heterocycles. The minimum absolute atomic E-state index is 0.519. The Balaban J connectivity index is 1.19. The second-order valence-corrected chi connectivity index (χ2v) is 15.1. The van der Waals surface area contributed by atoms with Crippen LogP contribution in [-0.2, 0) is 5.41 Å². The Kier molecular flexibility index (Phi) is 6.62. The third kappa shape index (κ3) is 4.31. The van der Waals surface area contributed by atoms with Crippen LogP contribution in [0.2, 0.25) is 0 Å². The van der Waals surface area contributed by atoms with Crippen LogP contribution in [0.1, 0.15) is 22.3 Å². The van der Waals surface area contributed by atoms with E-state index in [1.807, 2.05) is 6.07 Å². The van der Waals surface area contributed by atoms with Crippen LogP contribution in [0.5, 0.6) is 11.5 Å². The van der Waals surface area contributed by atoms with Crippen molar-refractivity contribution in [1.29, 1.82) is 0 Å². The van der Waals surface area contributed by atoms with E-state index in [9.17, 15) is 0 Å². The largest absolute Gasteiger partial charge is 0.456 e. The predicted molar refractivity (Wildman–Crippen MR) is 233 cm³/mol. The van der Waals surface area contributed by atoms with Crippen LogP contribution in [0.15, 0.2) is 206 Å². The fourth-order valence-electron chi connectivity index (χ4n) is 9.96. The molecule has 0 spiro atoms. The molecule has 12 rings (SSSR count). The Morgan fingerprint density at radius 2 is 0.982 bits per heavy atom. The molecule has 10 aromatic rings. The van der Waals surface area contributed by atoms with Gasteiger partial charge in [0.25, 0.3) is 0 Å². The van der Waals surface area contributed by atoms with E-state index >= 15 is 0 Å². The highest BCUT2D eigenvalue weighted by molar-refractivity contribution is 6.13. The molecule has 10 aromatic carbocycles. The van der Waals surface area contributed by atoms with Crippen LogP contribution >= 0.6 is 0 Å². The summed E-state index contributed by atoms with van der Waals surface area (Å²) in [6.45, 7) is 0. The van der Waals surface area contributed by atoms with Crippen molar-refractivity contribution in [1.82, 2.24) is 0 Å². The molecule has 0 amide bonds. The number of hydrogen-bond acceptors (Lipinski definition) is 1. The van der Waals surface area contributed by atoms with E-state index in [2.05, 4.69) is 200 Å². The highest BCUT2D eigenvalue weighted by Gasteiger charge is 2.47. The molecule has 0 saturated carbocycles. The molecule has 56 heavy (non-hydrogen) atoms. The molecular formula is C55H34O. The number of rotatable bonds is 4. The lowest BCUT2D eigenvalue weighted by molar-refractivity contribution is 0.487. The number of benzene rings is 10. The van der Waals surface area contributed by atoms with Crippen LogP contribution in [0.25, 0.3) is 76.8 Å². The molecule has 0 saturated heterocycles. The minimum atomic E-state index is -0.519. The molecule has 1 aliphatic carbocycles. The number of para-hydroxylation sites is 1. The summed E-state index contributed by atoms with van der Waals surface area (Å²) in [7, 11) is 0. The van der Waals surface area contributed by atoms with E-state index in [-0.39, 0.29) is 0 Å². The van der Waals surface area contributed by atoms with Crippen LogP contribution in [0, 0.1) is 0 Å². The van der Waals surface area contributed by atoms with Crippen molar-refractivity contribution in [3.8, 4) is 56.0 Å². The third-order valence-electron chi connectivity index (χ3n) is 12.3. The number of fused-ring (bicyclic) bond motifs is 7. The summed E-state index contributed by atoms with van der Waals surface area (Å²) in [5.41, 5.74) is 14.5. The van der Waals surface area contributed by atoms with Crippen molar-refractivity contribution in [3.05, 3.63) is 229 Å². The second kappa shape index (κ2) is 11.9. The molecule has 0 unspecified atom stereocenters. The maximum atomic E-state index is 6.49. The van der Waals surface area contributed by atoms with Crippen LogP contribution in [0.3, 0.4) is 0 Å². The van der Waals surface area contributed by atoms with Crippen LogP contribution < -0.4 is 4.74 Å². The first-order valence-corrected chi connectivity index (χ1v) is 19.4. The third-order valence-corrected chi connectivity index (χ3v) is 12.3. The average molecular weight is 711 g/mol. The topological polar surface area (TPSA) is 9.23 Å². The lowest BCUT2D eigenvalue weighted by atomic mass is 9.67. The molecule has 1 heteroatoms. The first-order valence-electron chi connectivity index (χ1n) is 19.4. The van der Waals surface area contributed by atoms with Crippen LogP contribution in [-0.4, -0.2) is 0 Å². The van der Waals surface area contributed by atoms with Gasteiger partial charge in [-0.1, -0.05) is 176 Å². The highest BCUT2D eigenvalue weighted by Crippen LogP contribution is 2.60. The predicted octanol–water partition coefficient (Wildman–Crippen LogP) is 14.6. The maximum Gasteiger partial charge on any atom is 0.135 e. The number of hydrogen-bond donors (Lipinski definition) is 0. The fourth-order valence-corrected chi connectivity index (χ4v) is 9.96. The van der Waals surface area contributed by atoms with Gasteiger partial charge in [0.1, 0.15) is 11.5 Å². The quantitative estimate of drug-likeness (QED) is 0.177. The van der Waals surface area contributed by atoms with Crippen molar-refractivity contribution in [2.45, 2.75) is 5.41 Å². The molecule has 0 N–H and O–H groups in total. The smallest absolute Gasteiger partial charge is 0.135 e. The lowest BCUT2D eigenvalue weighted by Gasteiger charge is -2.34. The molecule has 2 aliphatic rings. The Morgan fingerprint density at radius 1 is 0.321 bits per heavy atom. The monoisotopic (exact) mass is 710 g/mol. The summed E-state index contributed by atoms with van der Waals surface area (Å²) in [5.74, 6) is 1.81. The molecule has 0 fully saturated rings. The van der Waals surface area contributed by atoms with Crippen molar-refractivity contribution in [2.24, 2.45) is 0 Å². The highest BCUT2D eigenvalue weighted by atomic mass is 16.5. The van der Waals surface area contributed by atoms with E-state index < -0.39 is 5.41 Å². The standard InChI is InChI=1S/C55H34O/c1-3-16-40(17-4-1)55(41-18-5-2-6-19-41)48-24-11-9-21-47(48)54-49(55)34-39-33-37(28-29-43(39)52(54)38-27-26-35-14-7-8-15-36(35)32-38)42-30-31-51-53-45(42)22-13-23-46(53)44-20-10-12-25-50(44)56-51/h1-34H. The van der Waals surface area contributed by atoms with Gasteiger partial charge in [-0.15, -0.1) is 0 Å². The average Bonchev–Trinajstić information content (AvgIpc) is 3.56. The molecular weight excluding hydrogens is 677 g/mol. The first kappa shape index (κ1) is 31.2. The molecule has 0 bridgehead atoms. The molecule has 260 valence electrons. The molecule has 0 radical (unpaired) electrons. The zero-order chi connectivity index (χ0) is 36.8. The molecule has 0 aromatic heterocycles. The summed E-state index contributed by atoms with van der Waals surface area (Å²) < 4.78 is 6.49. The molecule has 0 atom stereocenters. The van der Waals surface area contributed by atoms with Crippen molar-refractivity contribution in [3.63, 3.8) is 0 Å². The van der Waals surface area contributed by atoms with Gasteiger partial charge in [0.2, 0.25) is 0 Å². The van der Waals surface area contributed by atoms with E-state index in [1.54, 1.807) is 0 Å². The summed E-state index contributed by atoms with van der Waals surface area (Å²) in [6.07, 6.45) is 0. The molecule has 1 heterocycles. The van der Waals surface area contributed by atoms with Crippen molar-refractivity contribution in [2.75, 3.05) is 0 Å². The van der Waals surface area contributed by atoms with Gasteiger partial charge in [0.05, 0.1) is 5.41 Å². The van der Waals surface area contributed by atoms with Gasteiger partial charge in [-0.25, -0.2) is 0 Å². The second-order valence-electron chi connectivity index (χ2n) is 15.1. The summed E-state index contributed by atoms with van der Waals surface area (Å²) in [6, 6.07) is 76.0. The Hall–Kier alpha value is -7.22. The lowest BCUT2D eigenvalue weighted by Crippen LogP contribution is -2.28. The number of ether oxygens (including phenoxy) is 1. The van der Waals surface area contributed by atoms with E-state index in [1.165, 1.54) is 88.1 Å². The SMILES string of the molecule is c1ccc(C2(c3ccccc3)c3ccccc3-c3c2cc2cc(-c4ccc5c6c(cccc46)-c4ccccc4O5)ccc2c3-c2ccc3ccccc3c2)cc1. The Bertz CT molecular complexity index is 3170. The van der Waals surface area contributed by atoms with E-state index in [4.69, 9.17) is 4.74 Å². The normalized spacial score (nSPS) is 13.3. The van der Waals surface area contributed by atoms with Gasteiger partial charge in [-0.2, -0.15) is 0 Å². The van der Waals surface area contributed by atoms with Crippen molar-refractivity contribution < 1.29 is 4.74 Å². The summed E-state index contributed by atoms with van der Waals surface area (Å²) in [5, 5.41) is 7.30. The Morgan fingerprint density at radius 3 is 1.80 bits per heavy atom. The van der Waals surface area contributed by atoms with Gasteiger partial charge in [0, 0.05) is 10.9 Å². The zero-order valence-corrected chi connectivity index (χ0v) is 30.5. The Labute approximate surface area is 325 Å². The fraction of sp³-hybridized carbons (Fsp3) is 0.0182. The maximum absolute atomic E-state index is 6.49. The van der Waals surface area contributed by atoms with Gasteiger partial charge in [-0.05, 0) is 118 Å². The van der Waals surface area contributed by atoms with Gasteiger partial charge >= 0.3 is 0 Å². The van der Waals surface area contributed by atoms with Gasteiger partial charge in [-0.3, -0.25) is 0 Å². The van der Waals surface area contributed by atoms with E-state index in [0.717, 1.165) is 22.4 Å². The van der Waals surface area contributed by atoms with Crippen LogP contribution in [0.4, 0.5) is 0 Å². The first-order chi connectivity index (χ1) is 27.8. The zero-order valence-electron chi connectivity index (χ0n) is 30.5. The van der Waals surface area contributed by atoms with E-state index in [0.29, 0.717) is 0 Å². The molecule has 1 nitrogen and oxygen atoms in total.